The number of aromatic nitrogens is 3. The van der Waals surface area contributed by atoms with Gasteiger partial charge in [-0.25, -0.2) is 4.68 Å². The van der Waals surface area contributed by atoms with Crippen LogP contribution < -0.4 is 10.9 Å². The summed E-state index contributed by atoms with van der Waals surface area (Å²) in [4.78, 5) is 27.3. The Kier molecular flexibility index (Phi) is 5.21. The van der Waals surface area contributed by atoms with Crippen LogP contribution in [0.4, 0.5) is 5.69 Å². The van der Waals surface area contributed by atoms with Gasteiger partial charge in [-0.05, 0) is 60.4 Å². The van der Waals surface area contributed by atoms with Crippen LogP contribution in [0, 0.1) is 11.3 Å². The van der Waals surface area contributed by atoms with E-state index in [0.29, 0.717) is 26.8 Å². The maximum Gasteiger partial charge on any atom is 0.279 e. The SMILES string of the molecule is CC(C)(C)[C@@H]1CCc2c(sc3nnn(CC(=O)Nc4ccc(Cl)cc4)c(=O)c23)C1. The topological polar surface area (TPSA) is 76.9 Å². The van der Waals surface area contributed by atoms with E-state index < -0.39 is 0 Å². The van der Waals surface area contributed by atoms with Gasteiger partial charge in [0.15, 0.2) is 4.83 Å². The molecule has 1 aromatic carbocycles. The Labute approximate surface area is 177 Å². The molecule has 0 saturated carbocycles. The van der Waals surface area contributed by atoms with E-state index in [1.165, 1.54) is 4.88 Å². The van der Waals surface area contributed by atoms with Crippen molar-refractivity contribution in [3.8, 4) is 0 Å². The highest BCUT2D eigenvalue weighted by Crippen LogP contribution is 2.41. The summed E-state index contributed by atoms with van der Waals surface area (Å²) in [6.45, 7) is 6.62. The molecule has 1 atom stereocenters. The summed E-state index contributed by atoms with van der Waals surface area (Å²) in [5.41, 5.74) is 1.70. The van der Waals surface area contributed by atoms with Gasteiger partial charge in [-0.15, -0.1) is 16.4 Å². The summed E-state index contributed by atoms with van der Waals surface area (Å²) in [7, 11) is 0. The zero-order valence-corrected chi connectivity index (χ0v) is 18.2. The molecule has 152 valence electrons. The first-order chi connectivity index (χ1) is 13.7. The van der Waals surface area contributed by atoms with Crippen LogP contribution in [0.15, 0.2) is 29.1 Å². The van der Waals surface area contributed by atoms with Gasteiger partial charge in [0.1, 0.15) is 6.54 Å². The third-order valence-corrected chi connectivity index (χ3v) is 6.98. The Balaban J connectivity index is 1.59. The molecular weight excluding hydrogens is 408 g/mol. The van der Waals surface area contributed by atoms with Gasteiger partial charge in [0.25, 0.3) is 5.56 Å². The van der Waals surface area contributed by atoms with Crippen LogP contribution in [-0.2, 0) is 24.2 Å². The standard InChI is InChI=1S/C21H23ClN4O2S/c1-21(2,3)12-4-9-15-16(10-12)29-19-18(15)20(28)26(25-24-19)11-17(27)23-14-7-5-13(22)6-8-14/h5-8,12H,4,9-11H2,1-3H3,(H,23,27)/t12-/m1/s1. The summed E-state index contributed by atoms with van der Waals surface area (Å²) in [6.07, 6.45) is 2.90. The third-order valence-electron chi connectivity index (χ3n) is 5.58. The fraction of sp³-hybridized carbons (Fsp3) is 0.429. The number of rotatable bonds is 3. The van der Waals surface area contributed by atoms with Crippen LogP contribution in [0.2, 0.25) is 5.02 Å². The van der Waals surface area contributed by atoms with E-state index in [9.17, 15) is 9.59 Å². The molecular formula is C21H23ClN4O2S. The highest BCUT2D eigenvalue weighted by molar-refractivity contribution is 7.18. The van der Waals surface area contributed by atoms with Crippen molar-refractivity contribution < 1.29 is 4.79 Å². The van der Waals surface area contributed by atoms with Gasteiger partial charge >= 0.3 is 0 Å². The molecule has 0 aliphatic heterocycles. The van der Waals surface area contributed by atoms with Crippen LogP contribution in [0.3, 0.4) is 0 Å². The van der Waals surface area contributed by atoms with Crippen molar-refractivity contribution in [2.75, 3.05) is 5.32 Å². The maximum absolute atomic E-state index is 13.0. The van der Waals surface area contributed by atoms with E-state index in [1.807, 2.05) is 0 Å². The molecule has 1 amide bonds. The van der Waals surface area contributed by atoms with E-state index >= 15 is 0 Å². The normalized spacial score (nSPS) is 16.6. The number of halogens is 1. The second-order valence-corrected chi connectivity index (χ2v) is 10.1. The summed E-state index contributed by atoms with van der Waals surface area (Å²) in [6, 6.07) is 6.80. The molecule has 0 unspecified atom stereocenters. The Morgan fingerprint density at radius 3 is 2.72 bits per heavy atom. The lowest BCUT2D eigenvalue weighted by Gasteiger charge is -2.33. The number of anilines is 1. The summed E-state index contributed by atoms with van der Waals surface area (Å²) in [5, 5.41) is 12.2. The second kappa shape index (κ2) is 7.54. The largest absolute Gasteiger partial charge is 0.324 e. The van der Waals surface area contributed by atoms with Gasteiger partial charge in [0.05, 0.1) is 5.39 Å². The number of carbonyl (C=O) groups excluding carboxylic acids is 1. The lowest BCUT2D eigenvalue weighted by Crippen LogP contribution is -2.31. The zero-order valence-electron chi connectivity index (χ0n) is 16.7. The van der Waals surface area contributed by atoms with Crippen LogP contribution >= 0.6 is 22.9 Å². The zero-order chi connectivity index (χ0) is 20.8. The first-order valence-corrected chi connectivity index (χ1v) is 10.9. The average molecular weight is 431 g/mol. The van der Waals surface area contributed by atoms with E-state index in [4.69, 9.17) is 11.6 Å². The van der Waals surface area contributed by atoms with Gasteiger partial charge in [0, 0.05) is 15.6 Å². The molecule has 2 heterocycles. The Morgan fingerprint density at radius 2 is 2.03 bits per heavy atom. The van der Waals surface area contributed by atoms with E-state index in [2.05, 4.69) is 36.4 Å². The number of nitrogens with one attached hydrogen (secondary N) is 1. The fourth-order valence-electron chi connectivity index (χ4n) is 3.84. The maximum atomic E-state index is 13.0. The fourth-order valence-corrected chi connectivity index (χ4v) is 5.20. The van der Waals surface area contributed by atoms with Crippen molar-refractivity contribution >= 4 is 44.7 Å². The first-order valence-electron chi connectivity index (χ1n) is 9.66. The third kappa shape index (κ3) is 4.07. The van der Waals surface area contributed by atoms with Crippen molar-refractivity contribution in [1.82, 2.24) is 15.0 Å². The number of hydrogen-bond acceptors (Lipinski definition) is 5. The van der Waals surface area contributed by atoms with E-state index in [1.54, 1.807) is 35.6 Å². The molecule has 1 N–H and O–H groups in total. The van der Waals surface area contributed by atoms with Crippen molar-refractivity contribution in [3.05, 3.63) is 50.1 Å². The second-order valence-electron chi connectivity index (χ2n) is 8.60. The smallest absolute Gasteiger partial charge is 0.279 e. The van der Waals surface area contributed by atoms with Gasteiger partial charge in [0.2, 0.25) is 5.91 Å². The minimum Gasteiger partial charge on any atom is -0.324 e. The first kappa shape index (κ1) is 20.0. The number of aryl methyl sites for hydroxylation is 1. The predicted molar refractivity (Wildman–Crippen MR) is 117 cm³/mol. The lowest BCUT2D eigenvalue weighted by molar-refractivity contribution is -0.117. The molecule has 0 fully saturated rings. The van der Waals surface area contributed by atoms with E-state index in [-0.39, 0.29) is 23.4 Å². The molecule has 0 bridgehead atoms. The van der Waals surface area contributed by atoms with Crippen molar-refractivity contribution in [1.29, 1.82) is 0 Å². The molecule has 1 aliphatic carbocycles. The molecule has 29 heavy (non-hydrogen) atoms. The van der Waals surface area contributed by atoms with Crippen LogP contribution in [-0.4, -0.2) is 20.9 Å². The number of fused-ring (bicyclic) bond motifs is 3. The predicted octanol–water partition coefficient (Wildman–Crippen LogP) is 4.30. The molecule has 2 aromatic heterocycles. The lowest BCUT2D eigenvalue weighted by atomic mass is 9.72. The number of benzene rings is 1. The van der Waals surface area contributed by atoms with Crippen LogP contribution in [0.5, 0.6) is 0 Å². The van der Waals surface area contributed by atoms with Gasteiger partial charge < -0.3 is 5.32 Å². The number of hydrogen-bond donors (Lipinski definition) is 1. The molecule has 0 spiro atoms. The Bertz CT molecular complexity index is 1130. The summed E-state index contributed by atoms with van der Waals surface area (Å²) < 4.78 is 1.15. The molecule has 6 nitrogen and oxygen atoms in total. The highest BCUT2D eigenvalue weighted by atomic mass is 35.5. The van der Waals surface area contributed by atoms with Crippen LogP contribution in [0.25, 0.3) is 10.2 Å². The summed E-state index contributed by atoms with van der Waals surface area (Å²) >= 11 is 7.43. The van der Waals surface area contributed by atoms with Gasteiger partial charge in [-0.3, -0.25) is 9.59 Å². The summed E-state index contributed by atoms with van der Waals surface area (Å²) in [5.74, 6) is 0.253. The van der Waals surface area contributed by atoms with Crippen LogP contribution in [0.1, 0.15) is 37.6 Å². The molecule has 4 rings (SSSR count). The number of thiophene rings is 1. The Hall–Kier alpha value is -2.25. The minimum atomic E-state index is -0.333. The minimum absolute atomic E-state index is 0.181. The van der Waals surface area contributed by atoms with Crippen molar-refractivity contribution in [2.24, 2.45) is 11.3 Å². The monoisotopic (exact) mass is 430 g/mol. The number of amides is 1. The number of nitrogens with zero attached hydrogens (tertiary/aromatic N) is 3. The van der Waals surface area contributed by atoms with E-state index in [0.717, 1.165) is 29.5 Å². The van der Waals surface area contributed by atoms with Gasteiger partial charge in [-0.1, -0.05) is 37.6 Å². The average Bonchev–Trinajstić information content (AvgIpc) is 3.03. The van der Waals surface area contributed by atoms with Gasteiger partial charge in [-0.2, -0.15) is 0 Å². The van der Waals surface area contributed by atoms with Crippen molar-refractivity contribution in [2.45, 2.75) is 46.6 Å². The number of carbonyl (C=O) groups is 1. The molecule has 8 heteroatoms. The highest BCUT2D eigenvalue weighted by Gasteiger charge is 2.32. The molecule has 0 saturated heterocycles. The molecule has 1 aliphatic rings. The quantitative estimate of drug-likeness (QED) is 0.672. The van der Waals surface area contributed by atoms with Crippen molar-refractivity contribution in [3.63, 3.8) is 0 Å². The Morgan fingerprint density at radius 1 is 1.31 bits per heavy atom. The molecule has 0 radical (unpaired) electrons. The molecule has 3 aromatic rings.